The first-order chi connectivity index (χ1) is 9.24. The number of carboxylic acids is 1. The topological polar surface area (TPSA) is 37.3 Å². The molecule has 1 fully saturated rings. The van der Waals surface area contributed by atoms with Gasteiger partial charge in [0, 0.05) is 6.08 Å². The van der Waals surface area contributed by atoms with Crippen molar-refractivity contribution in [1.29, 1.82) is 0 Å². The standard InChI is InChI=1S/C17H20O2/c18-17(19)11-16(13-6-3-7-13)15-9-8-12-4-1-2-5-14(12)10-15/h8-11,13H,1-7H2,(H,18,19)/b16-11+. The Kier molecular flexibility index (Phi) is 3.41. The van der Waals surface area contributed by atoms with E-state index in [2.05, 4.69) is 18.2 Å². The highest BCUT2D eigenvalue weighted by Gasteiger charge is 2.24. The SMILES string of the molecule is O=C(O)/C=C(/c1ccc2c(c1)CCCC2)C1CCC1. The maximum Gasteiger partial charge on any atom is 0.328 e. The van der Waals surface area contributed by atoms with E-state index in [1.807, 2.05) is 0 Å². The number of benzene rings is 1. The summed E-state index contributed by atoms with van der Waals surface area (Å²) in [4.78, 5) is 11.0. The minimum atomic E-state index is -0.820. The van der Waals surface area contributed by atoms with E-state index < -0.39 is 5.97 Å². The van der Waals surface area contributed by atoms with E-state index in [1.54, 1.807) is 0 Å². The molecule has 0 amide bonds. The van der Waals surface area contributed by atoms with Gasteiger partial charge in [-0.15, -0.1) is 0 Å². The average Bonchev–Trinajstić information content (AvgIpc) is 2.35. The molecule has 2 heteroatoms. The van der Waals surface area contributed by atoms with Gasteiger partial charge in [0.15, 0.2) is 0 Å². The second-order valence-corrected chi connectivity index (χ2v) is 5.76. The van der Waals surface area contributed by atoms with E-state index in [1.165, 1.54) is 42.9 Å². The van der Waals surface area contributed by atoms with Crippen LogP contribution in [0.15, 0.2) is 24.3 Å². The van der Waals surface area contributed by atoms with Gasteiger partial charge in [-0.3, -0.25) is 0 Å². The van der Waals surface area contributed by atoms with Gasteiger partial charge in [-0.1, -0.05) is 24.6 Å². The number of rotatable bonds is 3. The molecule has 0 radical (unpaired) electrons. The lowest BCUT2D eigenvalue weighted by Gasteiger charge is -2.29. The first-order valence-corrected chi connectivity index (χ1v) is 7.31. The van der Waals surface area contributed by atoms with Crippen molar-refractivity contribution < 1.29 is 9.90 Å². The fraction of sp³-hybridized carbons (Fsp3) is 0.471. The minimum absolute atomic E-state index is 0.456. The molecule has 0 heterocycles. The Hall–Kier alpha value is -1.57. The van der Waals surface area contributed by atoms with Gasteiger partial charge in [-0.05, 0) is 66.7 Å². The molecular formula is C17H20O2. The van der Waals surface area contributed by atoms with E-state index in [4.69, 9.17) is 5.11 Å². The summed E-state index contributed by atoms with van der Waals surface area (Å²) < 4.78 is 0. The fourth-order valence-electron chi connectivity index (χ4n) is 3.20. The van der Waals surface area contributed by atoms with Gasteiger partial charge >= 0.3 is 5.97 Å². The lowest BCUT2D eigenvalue weighted by Crippen LogP contribution is -2.15. The number of carbonyl (C=O) groups is 1. The van der Waals surface area contributed by atoms with E-state index in [-0.39, 0.29) is 0 Å². The maximum absolute atomic E-state index is 11.0. The first-order valence-electron chi connectivity index (χ1n) is 7.31. The smallest absolute Gasteiger partial charge is 0.328 e. The van der Waals surface area contributed by atoms with Crippen molar-refractivity contribution in [2.75, 3.05) is 0 Å². The maximum atomic E-state index is 11.0. The molecule has 19 heavy (non-hydrogen) atoms. The largest absolute Gasteiger partial charge is 0.478 e. The van der Waals surface area contributed by atoms with Crippen molar-refractivity contribution in [3.05, 3.63) is 41.0 Å². The van der Waals surface area contributed by atoms with Gasteiger partial charge in [-0.2, -0.15) is 0 Å². The Morgan fingerprint density at radius 2 is 1.84 bits per heavy atom. The third-order valence-corrected chi connectivity index (χ3v) is 4.51. The van der Waals surface area contributed by atoms with Crippen LogP contribution in [0.5, 0.6) is 0 Å². The zero-order chi connectivity index (χ0) is 13.2. The van der Waals surface area contributed by atoms with Crippen molar-refractivity contribution in [2.45, 2.75) is 44.9 Å². The highest BCUT2D eigenvalue weighted by Crippen LogP contribution is 2.39. The zero-order valence-electron chi connectivity index (χ0n) is 11.2. The number of hydrogen-bond acceptors (Lipinski definition) is 1. The number of carboxylic acid groups (broad SMARTS) is 1. The molecule has 2 aliphatic carbocycles. The Labute approximate surface area is 114 Å². The zero-order valence-corrected chi connectivity index (χ0v) is 11.2. The first kappa shape index (κ1) is 12.5. The number of aryl methyl sites for hydroxylation is 2. The molecule has 2 nitrogen and oxygen atoms in total. The van der Waals surface area contributed by atoms with Crippen LogP contribution in [0.1, 0.15) is 48.8 Å². The van der Waals surface area contributed by atoms with E-state index >= 15 is 0 Å². The molecule has 0 aliphatic heterocycles. The Balaban J connectivity index is 1.95. The van der Waals surface area contributed by atoms with Crippen molar-refractivity contribution in [2.24, 2.45) is 5.92 Å². The molecule has 0 aromatic heterocycles. The van der Waals surface area contributed by atoms with Crippen LogP contribution in [0.25, 0.3) is 5.57 Å². The third kappa shape index (κ3) is 2.58. The lowest BCUT2D eigenvalue weighted by atomic mass is 9.76. The molecule has 1 N–H and O–H groups in total. The predicted molar refractivity (Wildman–Crippen MR) is 76.0 cm³/mol. The van der Waals surface area contributed by atoms with Gasteiger partial charge in [0.1, 0.15) is 0 Å². The number of hydrogen-bond donors (Lipinski definition) is 1. The van der Waals surface area contributed by atoms with Crippen LogP contribution in [0.3, 0.4) is 0 Å². The molecule has 0 unspecified atom stereocenters. The van der Waals surface area contributed by atoms with E-state index in [0.29, 0.717) is 5.92 Å². The van der Waals surface area contributed by atoms with Gasteiger partial charge in [0.2, 0.25) is 0 Å². The monoisotopic (exact) mass is 256 g/mol. The highest BCUT2D eigenvalue weighted by atomic mass is 16.4. The van der Waals surface area contributed by atoms with Crippen LogP contribution < -0.4 is 0 Å². The van der Waals surface area contributed by atoms with Gasteiger partial charge in [-0.25, -0.2) is 4.79 Å². The van der Waals surface area contributed by atoms with Gasteiger partial charge in [0.05, 0.1) is 0 Å². The second-order valence-electron chi connectivity index (χ2n) is 5.76. The van der Waals surface area contributed by atoms with Crippen molar-refractivity contribution in [1.82, 2.24) is 0 Å². The van der Waals surface area contributed by atoms with Gasteiger partial charge < -0.3 is 5.11 Å². The molecular weight excluding hydrogens is 236 g/mol. The highest BCUT2D eigenvalue weighted by molar-refractivity contribution is 5.90. The molecule has 3 rings (SSSR count). The summed E-state index contributed by atoms with van der Waals surface area (Å²) in [7, 11) is 0. The van der Waals surface area contributed by atoms with Crippen LogP contribution in [-0.4, -0.2) is 11.1 Å². The predicted octanol–water partition coefficient (Wildman–Crippen LogP) is 3.83. The molecule has 0 bridgehead atoms. The summed E-state index contributed by atoms with van der Waals surface area (Å²) in [6, 6.07) is 6.57. The molecule has 0 spiro atoms. The Morgan fingerprint density at radius 3 is 2.47 bits per heavy atom. The van der Waals surface area contributed by atoms with Crippen LogP contribution in [0, 0.1) is 5.92 Å². The Bertz CT molecular complexity index is 524. The fourth-order valence-corrected chi connectivity index (χ4v) is 3.20. The quantitative estimate of drug-likeness (QED) is 0.834. The molecule has 100 valence electrons. The third-order valence-electron chi connectivity index (χ3n) is 4.51. The van der Waals surface area contributed by atoms with Crippen LogP contribution in [-0.2, 0) is 17.6 Å². The summed E-state index contributed by atoms with van der Waals surface area (Å²) in [5.41, 5.74) is 5.05. The van der Waals surface area contributed by atoms with E-state index in [9.17, 15) is 4.79 Å². The summed E-state index contributed by atoms with van der Waals surface area (Å²) >= 11 is 0. The molecule has 2 aliphatic rings. The summed E-state index contributed by atoms with van der Waals surface area (Å²) in [5, 5.41) is 9.08. The molecule has 0 atom stereocenters. The number of allylic oxidation sites excluding steroid dienone is 1. The van der Waals surface area contributed by atoms with Crippen molar-refractivity contribution in [3.63, 3.8) is 0 Å². The summed E-state index contributed by atoms with van der Waals surface area (Å²) in [6.45, 7) is 0. The number of fused-ring (bicyclic) bond motifs is 1. The van der Waals surface area contributed by atoms with Crippen LogP contribution in [0.4, 0.5) is 0 Å². The molecule has 1 aromatic rings. The Morgan fingerprint density at radius 1 is 1.11 bits per heavy atom. The normalized spacial score (nSPS) is 19.7. The minimum Gasteiger partial charge on any atom is -0.478 e. The summed E-state index contributed by atoms with van der Waals surface area (Å²) in [5.74, 6) is -0.364. The van der Waals surface area contributed by atoms with Crippen LogP contribution in [0.2, 0.25) is 0 Å². The van der Waals surface area contributed by atoms with Crippen molar-refractivity contribution in [3.8, 4) is 0 Å². The average molecular weight is 256 g/mol. The molecule has 1 saturated carbocycles. The summed E-state index contributed by atoms with van der Waals surface area (Å²) in [6.07, 6.45) is 9.79. The molecule has 0 saturated heterocycles. The van der Waals surface area contributed by atoms with Crippen molar-refractivity contribution >= 4 is 11.5 Å². The van der Waals surface area contributed by atoms with Gasteiger partial charge in [0.25, 0.3) is 0 Å². The van der Waals surface area contributed by atoms with E-state index in [0.717, 1.165) is 30.4 Å². The second kappa shape index (κ2) is 5.20. The molecule has 1 aromatic carbocycles. The number of aliphatic carboxylic acids is 1. The van der Waals surface area contributed by atoms with Crippen LogP contribution >= 0.6 is 0 Å². The lowest BCUT2D eigenvalue weighted by molar-refractivity contribution is -0.131.